The van der Waals surface area contributed by atoms with Gasteiger partial charge in [-0.2, -0.15) is 0 Å². The lowest BCUT2D eigenvalue weighted by atomic mass is 10.0. The number of halogens is 1. The van der Waals surface area contributed by atoms with Crippen molar-refractivity contribution in [3.8, 4) is 0 Å². The third kappa shape index (κ3) is 3.14. The summed E-state index contributed by atoms with van der Waals surface area (Å²) >= 11 is 6.40. The second-order valence-corrected chi connectivity index (χ2v) is 8.70. The minimum Gasteiger partial charge on any atom is -0.459 e. The molecule has 0 fully saturated rings. The Labute approximate surface area is 157 Å². The average Bonchev–Trinajstić information content (AvgIpc) is 2.87. The van der Waals surface area contributed by atoms with Crippen molar-refractivity contribution < 1.29 is 12.8 Å². The van der Waals surface area contributed by atoms with Gasteiger partial charge in [-0.3, -0.25) is 0 Å². The minimum atomic E-state index is -3.59. The first kappa shape index (κ1) is 17.5. The highest BCUT2D eigenvalue weighted by Crippen LogP contribution is 2.36. The Hall–Kier alpha value is -1.86. The molecule has 2 heterocycles. The third-order valence-corrected chi connectivity index (χ3v) is 6.51. The Bertz CT molecular complexity index is 1060. The maximum Gasteiger partial charge on any atom is 0.240 e. The molecule has 1 aliphatic heterocycles. The van der Waals surface area contributed by atoms with E-state index in [0.717, 1.165) is 40.1 Å². The first-order valence-corrected chi connectivity index (χ1v) is 10.3. The van der Waals surface area contributed by atoms with Gasteiger partial charge in [0.1, 0.15) is 11.3 Å². The van der Waals surface area contributed by atoms with E-state index in [1.165, 1.54) is 0 Å². The summed E-state index contributed by atoms with van der Waals surface area (Å²) in [5.41, 5.74) is 2.83. The quantitative estimate of drug-likeness (QED) is 0.740. The largest absolute Gasteiger partial charge is 0.459 e. The van der Waals surface area contributed by atoms with Crippen LogP contribution < -0.4 is 4.72 Å². The number of likely N-dealkylation sites (N-methyl/N-ethyl adjacent to an activating group) is 1. The molecule has 0 saturated carbocycles. The Morgan fingerprint density at radius 3 is 2.69 bits per heavy atom. The SMILES string of the molecule is CN1CCc2c(Cl)ccc3oc(CNS(=O)(=O)c4ccccc4)c(c23)C1. The zero-order valence-corrected chi connectivity index (χ0v) is 15.9. The summed E-state index contributed by atoms with van der Waals surface area (Å²) in [5.74, 6) is 0.636. The van der Waals surface area contributed by atoms with E-state index >= 15 is 0 Å². The fourth-order valence-corrected chi connectivity index (χ4v) is 4.66. The van der Waals surface area contributed by atoms with Gasteiger partial charge in [0.05, 0.1) is 11.4 Å². The number of nitrogens with zero attached hydrogens (tertiary/aromatic N) is 1. The lowest BCUT2D eigenvalue weighted by molar-refractivity contribution is 0.332. The molecule has 0 amide bonds. The molecule has 0 bridgehead atoms. The molecule has 0 aliphatic carbocycles. The molecule has 3 aromatic rings. The summed E-state index contributed by atoms with van der Waals surface area (Å²) < 4.78 is 33.6. The summed E-state index contributed by atoms with van der Waals surface area (Å²) in [4.78, 5) is 2.43. The van der Waals surface area contributed by atoms with E-state index in [2.05, 4.69) is 9.62 Å². The predicted molar refractivity (Wildman–Crippen MR) is 102 cm³/mol. The lowest BCUT2D eigenvalue weighted by Gasteiger charge is -2.14. The molecule has 0 radical (unpaired) electrons. The van der Waals surface area contributed by atoms with Crippen molar-refractivity contribution in [3.63, 3.8) is 0 Å². The van der Waals surface area contributed by atoms with Gasteiger partial charge < -0.3 is 9.32 Å². The summed E-state index contributed by atoms with van der Waals surface area (Å²) in [6.07, 6.45) is 0.842. The predicted octanol–water partition coefficient (Wildman–Crippen LogP) is 3.55. The number of furan rings is 1. The van der Waals surface area contributed by atoms with Crippen molar-refractivity contribution in [2.75, 3.05) is 13.6 Å². The molecule has 0 spiro atoms. The molecule has 7 heteroatoms. The van der Waals surface area contributed by atoms with Gasteiger partial charge >= 0.3 is 0 Å². The van der Waals surface area contributed by atoms with Crippen LogP contribution in [0, 0.1) is 0 Å². The Morgan fingerprint density at radius 2 is 1.92 bits per heavy atom. The molecule has 1 N–H and O–H groups in total. The van der Waals surface area contributed by atoms with Crippen LogP contribution >= 0.6 is 11.6 Å². The summed E-state index contributed by atoms with van der Waals surface area (Å²) in [6, 6.07) is 12.0. The van der Waals surface area contributed by atoms with Crippen LogP contribution in [0.4, 0.5) is 0 Å². The van der Waals surface area contributed by atoms with Crippen molar-refractivity contribution in [1.82, 2.24) is 9.62 Å². The summed E-state index contributed by atoms with van der Waals surface area (Å²) in [5, 5.41) is 1.75. The number of hydrogen-bond acceptors (Lipinski definition) is 4. The van der Waals surface area contributed by atoms with E-state index in [1.807, 2.05) is 19.2 Å². The van der Waals surface area contributed by atoms with Gasteiger partial charge in [0.15, 0.2) is 0 Å². The fraction of sp³-hybridized carbons (Fsp3) is 0.263. The normalized spacial score (nSPS) is 15.3. The van der Waals surface area contributed by atoms with Gasteiger partial charge in [-0.1, -0.05) is 29.8 Å². The van der Waals surface area contributed by atoms with Crippen LogP contribution in [0.1, 0.15) is 16.9 Å². The molecule has 1 aliphatic rings. The highest BCUT2D eigenvalue weighted by molar-refractivity contribution is 7.89. The van der Waals surface area contributed by atoms with E-state index in [0.29, 0.717) is 12.3 Å². The van der Waals surface area contributed by atoms with Crippen molar-refractivity contribution in [2.24, 2.45) is 0 Å². The topological polar surface area (TPSA) is 62.6 Å². The van der Waals surface area contributed by atoms with Gasteiger partial charge in [-0.25, -0.2) is 13.1 Å². The van der Waals surface area contributed by atoms with Gasteiger partial charge in [0.2, 0.25) is 10.0 Å². The molecule has 2 aromatic carbocycles. The summed E-state index contributed by atoms with van der Waals surface area (Å²) in [6.45, 7) is 1.69. The van der Waals surface area contributed by atoms with Gasteiger partial charge in [-0.15, -0.1) is 0 Å². The van der Waals surface area contributed by atoms with Gasteiger partial charge in [-0.05, 0) is 43.3 Å². The standard InChI is InChI=1S/C19H19ClN2O3S/c1-22-10-9-14-16(20)7-8-17-19(14)15(12-22)18(25-17)11-21-26(23,24)13-5-3-2-4-6-13/h2-8,21H,9-12H2,1H3. The number of nitrogens with one attached hydrogen (secondary N) is 1. The number of rotatable bonds is 4. The van der Waals surface area contributed by atoms with E-state index in [1.54, 1.807) is 30.3 Å². The summed E-state index contributed by atoms with van der Waals surface area (Å²) in [7, 11) is -1.56. The Balaban J connectivity index is 1.71. The maximum absolute atomic E-state index is 12.5. The van der Waals surface area contributed by atoms with Gasteiger partial charge in [0.25, 0.3) is 0 Å². The second kappa shape index (κ2) is 6.70. The highest BCUT2D eigenvalue weighted by atomic mass is 35.5. The van der Waals surface area contributed by atoms with Crippen molar-refractivity contribution >= 4 is 32.6 Å². The van der Waals surface area contributed by atoms with Crippen LogP contribution in [0.15, 0.2) is 51.8 Å². The second-order valence-electron chi connectivity index (χ2n) is 6.53. The average molecular weight is 391 g/mol. The van der Waals surface area contributed by atoms with Crippen LogP contribution in [0.3, 0.4) is 0 Å². The zero-order chi connectivity index (χ0) is 18.3. The van der Waals surface area contributed by atoms with Gasteiger partial charge in [0, 0.05) is 29.1 Å². The highest BCUT2D eigenvalue weighted by Gasteiger charge is 2.24. The van der Waals surface area contributed by atoms with Crippen LogP contribution in [0.25, 0.3) is 11.0 Å². The molecule has 26 heavy (non-hydrogen) atoms. The Kier molecular flexibility index (Phi) is 4.52. The van der Waals surface area contributed by atoms with Crippen LogP contribution in [-0.2, 0) is 29.5 Å². The van der Waals surface area contributed by atoms with Crippen LogP contribution in [-0.4, -0.2) is 26.9 Å². The molecule has 136 valence electrons. The molecular formula is C19H19ClN2O3S. The van der Waals surface area contributed by atoms with Crippen molar-refractivity contribution in [1.29, 1.82) is 0 Å². The first-order chi connectivity index (χ1) is 12.5. The molecule has 4 rings (SSSR count). The zero-order valence-electron chi connectivity index (χ0n) is 14.3. The molecule has 0 saturated heterocycles. The first-order valence-electron chi connectivity index (χ1n) is 8.40. The molecule has 0 unspecified atom stereocenters. The third-order valence-electron chi connectivity index (χ3n) is 4.74. The number of hydrogen-bond donors (Lipinski definition) is 1. The van der Waals surface area contributed by atoms with E-state index < -0.39 is 10.0 Å². The molecular weight excluding hydrogens is 372 g/mol. The molecule has 1 aromatic heterocycles. The Morgan fingerprint density at radius 1 is 1.15 bits per heavy atom. The maximum atomic E-state index is 12.5. The minimum absolute atomic E-state index is 0.103. The monoisotopic (exact) mass is 390 g/mol. The van der Waals surface area contributed by atoms with E-state index in [-0.39, 0.29) is 11.4 Å². The lowest BCUT2D eigenvalue weighted by Crippen LogP contribution is -2.24. The molecule has 5 nitrogen and oxygen atoms in total. The van der Waals surface area contributed by atoms with Crippen molar-refractivity contribution in [3.05, 3.63) is 64.4 Å². The van der Waals surface area contributed by atoms with E-state index in [9.17, 15) is 8.42 Å². The molecule has 0 atom stereocenters. The smallest absolute Gasteiger partial charge is 0.240 e. The van der Waals surface area contributed by atoms with E-state index in [4.69, 9.17) is 16.0 Å². The fourth-order valence-electron chi connectivity index (χ4n) is 3.40. The van der Waals surface area contributed by atoms with Crippen molar-refractivity contribution in [2.45, 2.75) is 24.4 Å². The van der Waals surface area contributed by atoms with Crippen LogP contribution in [0.2, 0.25) is 5.02 Å². The van der Waals surface area contributed by atoms with Crippen LogP contribution in [0.5, 0.6) is 0 Å². The number of sulfonamides is 1. The number of benzene rings is 2.